The van der Waals surface area contributed by atoms with Crippen LogP contribution >= 0.6 is 22.9 Å². The highest BCUT2D eigenvalue weighted by atomic mass is 35.5. The van der Waals surface area contributed by atoms with E-state index in [2.05, 4.69) is 42.6 Å². The molecule has 0 aliphatic carbocycles. The van der Waals surface area contributed by atoms with Gasteiger partial charge in [0.05, 0.1) is 4.34 Å². The van der Waals surface area contributed by atoms with Crippen LogP contribution in [-0.2, 0) is 0 Å². The van der Waals surface area contributed by atoms with Crippen molar-refractivity contribution in [2.45, 2.75) is 38.3 Å². The van der Waals surface area contributed by atoms with Crippen LogP contribution in [0, 0.1) is 0 Å². The minimum absolute atomic E-state index is 0.322. The third-order valence-electron chi connectivity index (χ3n) is 4.12. The summed E-state index contributed by atoms with van der Waals surface area (Å²) in [4.78, 5) is 2.55. The smallest absolute Gasteiger partial charge is 0.0931 e. The predicted octanol–water partition coefficient (Wildman–Crippen LogP) is 3.54. The van der Waals surface area contributed by atoms with Crippen LogP contribution in [0.5, 0.6) is 0 Å². The van der Waals surface area contributed by atoms with Crippen molar-refractivity contribution >= 4 is 22.9 Å². The Hall–Kier alpha value is -0.0900. The fraction of sp³-hybridized carbons (Fsp3) is 0.692. The van der Waals surface area contributed by atoms with Gasteiger partial charge >= 0.3 is 0 Å². The van der Waals surface area contributed by atoms with Crippen molar-refractivity contribution < 1.29 is 0 Å². The maximum atomic E-state index is 6.00. The minimum atomic E-state index is 0.322. The number of halogens is 1. The highest BCUT2D eigenvalue weighted by Crippen LogP contribution is 2.31. The molecule has 1 aromatic heterocycles. The topological polar surface area (TPSA) is 15.3 Å². The number of hydrogen-bond donors (Lipinski definition) is 1. The van der Waals surface area contributed by atoms with E-state index in [1.54, 1.807) is 11.3 Å². The highest BCUT2D eigenvalue weighted by molar-refractivity contribution is 7.14. The molecule has 0 aromatic carbocycles. The van der Waals surface area contributed by atoms with Crippen LogP contribution in [-0.4, -0.2) is 30.6 Å². The molecular formula is C13H21ClN2S. The van der Waals surface area contributed by atoms with Crippen LogP contribution in [0.1, 0.15) is 38.3 Å². The normalized spacial score (nSPS) is 22.6. The fourth-order valence-electron chi connectivity index (χ4n) is 2.41. The molecule has 4 heteroatoms. The summed E-state index contributed by atoms with van der Waals surface area (Å²) in [5.74, 6) is 0. The molecule has 1 saturated heterocycles. The average Bonchev–Trinajstić information content (AvgIpc) is 2.76. The molecule has 17 heavy (non-hydrogen) atoms. The second-order valence-corrected chi connectivity index (χ2v) is 6.75. The molecule has 1 fully saturated rings. The Morgan fingerprint density at radius 2 is 2.12 bits per heavy atom. The Labute approximate surface area is 113 Å². The van der Waals surface area contributed by atoms with Crippen LogP contribution in [0.2, 0.25) is 4.34 Å². The first kappa shape index (κ1) is 13.3. The van der Waals surface area contributed by atoms with Gasteiger partial charge in [-0.2, -0.15) is 0 Å². The standard InChI is InChI=1S/C13H21ClN2S/c1-10(11-8-12(14)17-9-11)16-6-4-13(2,15-3)5-7-16/h8-10,15H,4-7H2,1-3H3. The quantitative estimate of drug-likeness (QED) is 0.906. The van der Waals surface area contributed by atoms with Crippen LogP contribution in [0.15, 0.2) is 11.4 Å². The zero-order valence-corrected chi connectivity index (χ0v) is 12.4. The van der Waals surface area contributed by atoms with E-state index in [-0.39, 0.29) is 0 Å². The van der Waals surface area contributed by atoms with Gasteiger partial charge in [-0.15, -0.1) is 11.3 Å². The molecule has 0 spiro atoms. The Morgan fingerprint density at radius 1 is 1.47 bits per heavy atom. The Kier molecular flexibility index (Phi) is 4.14. The third-order valence-corrected chi connectivity index (χ3v) is 5.23. The van der Waals surface area contributed by atoms with E-state index in [1.807, 2.05) is 0 Å². The summed E-state index contributed by atoms with van der Waals surface area (Å²) >= 11 is 7.63. The molecule has 0 amide bonds. The number of rotatable bonds is 3. The van der Waals surface area contributed by atoms with E-state index in [0.717, 1.165) is 17.4 Å². The molecule has 1 atom stereocenters. The van der Waals surface area contributed by atoms with Gasteiger partial charge in [-0.25, -0.2) is 0 Å². The SMILES string of the molecule is CNC1(C)CCN(C(C)c2csc(Cl)c2)CC1. The van der Waals surface area contributed by atoms with E-state index in [0.29, 0.717) is 11.6 Å². The summed E-state index contributed by atoms with van der Waals surface area (Å²) in [5.41, 5.74) is 1.68. The van der Waals surface area contributed by atoms with Gasteiger partial charge in [0, 0.05) is 24.7 Å². The summed E-state index contributed by atoms with van der Waals surface area (Å²) in [7, 11) is 2.07. The molecule has 2 nitrogen and oxygen atoms in total. The first-order valence-corrected chi connectivity index (χ1v) is 7.47. The lowest BCUT2D eigenvalue weighted by Crippen LogP contribution is -2.50. The van der Waals surface area contributed by atoms with Crippen molar-refractivity contribution in [1.82, 2.24) is 10.2 Å². The average molecular weight is 273 g/mol. The maximum Gasteiger partial charge on any atom is 0.0931 e. The summed E-state index contributed by atoms with van der Waals surface area (Å²) in [6.07, 6.45) is 2.43. The molecule has 2 rings (SSSR count). The lowest BCUT2D eigenvalue weighted by molar-refractivity contribution is 0.117. The summed E-state index contributed by atoms with van der Waals surface area (Å²) in [6, 6.07) is 2.59. The zero-order chi connectivity index (χ0) is 12.5. The molecule has 1 aromatic rings. The highest BCUT2D eigenvalue weighted by Gasteiger charge is 2.30. The zero-order valence-electron chi connectivity index (χ0n) is 10.8. The number of nitrogens with one attached hydrogen (secondary N) is 1. The molecule has 0 bridgehead atoms. The van der Waals surface area contributed by atoms with Crippen molar-refractivity contribution in [3.05, 3.63) is 21.3 Å². The molecule has 2 heterocycles. The second-order valence-electron chi connectivity index (χ2n) is 5.21. The van der Waals surface area contributed by atoms with Crippen molar-refractivity contribution in [1.29, 1.82) is 0 Å². The third kappa shape index (κ3) is 3.02. The molecule has 1 aliphatic heterocycles. The number of thiophene rings is 1. The molecule has 0 saturated carbocycles. The van der Waals surface area contributed by atoms with Crippen LogP contribution in [0.3, 0.4) is 0 Å². The molecular weight excluding hydrogens is 252 g/mol. The number of piperidine rings is 1. The Balaban J connectivity index is 1.97. The van der Waals surface area contributed by atoms with Gasteiger partial charge in [0.15, 0.2) is 0 Å². The lowest BCUT2D eigenvalue weighted by atomic mass is 9.89. The minimum Gasteiger partial charge on any atom is -0.314 e. The molecule has 1 N–H and O–H groups in total. The first-order chi connectivity index (χ1) is 8.04. The van der Waals surface area contributed by atoms with E-state index >= 15 is 0 Å². The van der Waals surface area contributed by atoms with Gasteiger partial charge in [0.25, 0.3) is 0 Å². The summed E-state index contributed by atoms with van der Waals surface area (Å²) in [6.45, 7) is 6.91. The largest absolute Gasteiger partial charge is 0.314 e. The first-order valence-electron chi connectivity index (χ1n) is 6.21. The van der Waals surface area contributed by atoms with Crippen molar-refractivity contribution in [2.75, 3.05) is 20.1 Å². The Bertz CT molecular complexity index is 369. The molecule has 1 unspecified atom stereocenters. The van der Waals surface area contributed by atoms with Crippen LogP contribution < -0.4 is 5.32 Å². The van der Waals surface area contributed by atoms with Gasteiger partial charge in [-0.3, -0.25) is 4.90 Å². The van der Waals surface area contributed by atoms with Crippen molar-refractivity contribution in [3.63, 3.8) is 0 Å². The van der Waals surface area contributed by atoms with Gasteiger partial charge in [0.1, 0.15) is 0 Å². The van der Waals surface area contributed by atoms with E-state index in [1.165, 1.54) is 18.4 Å². The van der Waals surface area contributed by atoms with Gasteiger partial charge in [-0.05, 0) is 50.7 Å². The summed E-state index contributed by atoms with van der Waals surface area (Å²) in [5, 5.41) is 5.62. The maximum absolute atomic E-state index is 6.00. The molecule has 1 aliphatic rings. The van der Waals surface area contributed by atoms with E-state index in [9.17, 15) is 0 Å². The Morgan fingerprint density at radius 3 is 2.59 bits per heavy atom. The van der Waals surface area contributed by atoms with Gasteiger partial charge < -0.3 is 5.32 Å². The predicted molar refractivity (Wildman–Crippen MR) is 76.0 cm³/mol. The van der Waals surface area contributed by atoms with Crippen molar-refractivity contribution in [3.8, 4) is 0 Å². The molecule has 96 valence electrons. The van der Waals surface area contributed by atoms with Gasteiger partial charge in [-0.1, -0.05) is 11.6 Å². The lowest BCUT2D eigenvalue weighted by Gasteiger charge is -2.41. The fourth-order valence-corrected chi connectivity index (χ4v) is 3.39. The van der Waals surface area contributed by atoms with E-state index < -0.39 is 0 Å². The monoisotopic (exact) mass is 272 g/mol. The second kappa shape index (κ2) is 5.27. The van der Waals surface area contributed by atoms with Gasteiger partial charge in [0.2, 0.25) is 0 Å². The number of hydrogen-bond acceptors (Lipinski definition) is 3. The number of likely N-dealkylation sites (tertiary alicyclic amines) is 1. The van der Waals surface area contributed by atoms with Crippen molar-refractivity contribution in [2.24, 2.45) is 0 Å². The van der Waals surface area contributed by atoms with Crippen LogP contribution in [0.25, 0.3) is 0 Å². The molecule has 0 radical (unpaired) electrons. The van der Waals surface area contributed by atoms with E-state index in [4.69, 9.17) is 11.6 Å². The number of nitrogens with zero attached hydrogens (tertiary/aromatic N) is 1. The van der Waals surface area contributed by atoms with Crippen LogP contribution in [0.4, 0.5) is 0 Å². The summed E-state index contributed by atoms with van der Waals surface area (Å²) < 4.78 is 0.893.